The van der Waals surface area contributed by atoms with E-state index < -0.39 is 17.9 Å². The number of aliphatic carboxylic acids is 3. The second kappa shape index (κ2) is 13.7. The Hall–Kier alpha value is -0.516. The summed E-state index contributed by atoms with van der Waals surface area (Å²) in [6.07, 6.45) is 0. The van der Waals surface area contributed by atoms with E-state index in [4.69, 9.17) is 15.3 Å². The molecule has 0 atom stereocenters. The van der Waals surface area contributed by atoms with Crippen molar-refractivity contribution in [2.45, 2.75) is 0 Å². The molecule has 1 fully saturated rings. The Kier molecular flexibility index (Phi) is 13.4. The van der Waals surface area contributed by atoms with E-state index in [1.165, 1.54) is 0 Å². The first-order valence-electron chi connectivity index (χ1n) is 7.90. The summed E-state index contributed by atoms with van der Waals surface area (Å²) >= 11 is 0. The number of carbonyl (C=O) groups is 3. The maximum Gasteiger partial charge on any atom is 0.317 e. The molecule has 25 heavy (non-hydrogen) atoms. The molecule has 10 nitrogen and oxygen atoms in total. The number of hydrogen-bond acceptors (Lipinski definition) is 7. The molecule has 0 aliphatic carbocycles. The molecule has 0 bridgehead atoms. The molecule has 0 aromatic carbocycles. The molecule has 0 saturated carbocycles. The van der Waals surface area contributed by atoms with Crippen LogP contribution in [0.2, 0.25) is 0 Å². The van der Waals surface area contributed by atoms with Crippen LogP contribution in [0.5, 0.6) is 0 Å². The Labute approximate surface area is 175 Å². The molecule has 1 heterocycles. The van der Waals surface area contributed by atoms with Crippen molar-refractivity contribution in [2.24, 2.45) is 0 Å². The first-order valence-corrected chi connectivity index (χ1v) is 7.90. The van der Waals surface area contributed by atoms with Gasteiger partial charge in [-0.15, -0.1) is 0 Å². The quantitative estimate of drug-likeness (QED) is 0.303. The number of carboxylic acid groups (broad SMARTS) is 3. The number of nitrogens with zero attached hydrogens (tertiary/aromatic N) is 3. The van der Waals surface area contributed by atoms with Crippen LogP contribution in [0.1, 0.15) is 0 Å². The molecule has 1 aliphatic rings. The SMILES string of the molecule is O=C(O)CN1CCNCCN(CC(=O)O)CCN(CC(=O)O)CC1.[177Lu]. The topological polar surface area (TPSA) is 134 Å². The zero-order valence-electron chi connectivity index (χ0n) is 13.9. The zero-order valence-corrected chi connectivity index (χ0v) is 15.6. The summed E-state index contributed by atoms with van der Waals surface area (Å²) in [7, 11) is 0. The van der Waals surface area contributed by atoms with Gasteiger partial charge in [0.15, 0.2) is 0 Å². The van der Waals surface area contributed by atoms with Crippen LogP contribution in [0.4, 0.5) is 0 Å². The Morgan fingerprint density at radius 2 is 0.920 bits per heavy atom. The molecule has 1 radical (unpaired) electrons. The van der Waals surface area contributed by atoms with Crippen molar-refractivity contribution >= 4 is 17.9 Å². The fourth-order valence-corrected chi connectivity index (χ4v) is 2.55. The maximum atomic E-state index is 11.0. The molecule has 0 unspecified atom stereocenters. The van der Waals surface area contributed by atoms with E-state index in [0.29, 0.717) is 52.4 Å². The summed E-state index contributed by atoms with van der Waals surface area (Å²) in [4.78, 5) is 38.1. The summed E-state index contributed by atoms with van der Waals surface area (Å²) in [6, 6.07) is 0. The molecule has 0 spiro atoms. The monoisotopic (exact) mass is 523 g/mol. The van der Waals surface area contributed by atoms with E-state index in [1.54, 1.807) is 14.7 Å². The minimum Gasteiger partial charge on any atom is -0.480 e. The minimum absolute atomic E-state index is 0. The molecular weight excluding hydrogens is 497 g/mol. The van der Waals surface area contributed by atoms with Crippen molar-refractivity contribution in [1.29, 1.82) is 0 Å². The van der Waals surface area contributed by atoms with Gasteiger partial charge in [-0.25, -0.2) is 0 Å². The van der Waals surface area contributed by atoms with Gasteiger partial charge in [-0.05, 0) is 0 Å². The second-order valence-electron chi connectivity index (χ2n) is 5.76. The van der Waals surface area contributed by atoms with Crippen LogP contribution in [-0.2, 0) is 14.4 Å². The summed E-state index contributed by atoms with van der Waals surface area (Å²) in [5.74, 6) is -2.79. The van der Waals surface area contributed by atoms with E-state index in [0.717, 1.165) is 0 Å². The van der Waals surface area contributed by atoms with Gasteiger partial charge in [-0.3, -0.25) is 29.1 Å². The third-order valence-electron chi connectivity index (χ3n) is 3.75. The molecule has 1 saturated heterocycles. The standard InChI is InChI=1S/C14H26N4O6.Lu/c19-12(20)9-16-3-1-15-2-4-17(10-13(21)22)6-8-18(7-5-16)11-14(23)24;/h15H,1-11H2,(H,19,20)(H,21,22)(H,23,24);/i;1+2. The molecule has 11 heteroatoms. The van der Waals surface area contributed by atoms with E-state index in [2.05, 4.69) is 5.32 Å². The smallest absolute Gasteiger partial charge is 0.317 e. The fraction of sp³-hybridized carbons (Fsp3) is 0.786. The second-order valence-corrected chi connectivity index (χ2v) is 5.76. The van der Waals surface area contributed by atoms with Crippen LogP contribution in [0.3, 0.4) is 0 Å². The van der Waals surface area contributed by atoms with Crippen LogP contribution in [0.25, 0.3) is 0 Å². The average molecular weight is 523 g/mol. The maximum absolute atomic E-state index is 11.0. The van der Waals surface area contributed by atoms with Gasteiger partial charge in [0.1, 0.15) is 0 Å². The van der Waals surface area contributed by atoms with Crippen molar-refractivity contribution in [2.75, 3.05) is 72.0 Å². The number of carboxylic acids is 3. The minimum atomic E-state index is -0.960. The average Bonchev–Trinajstić information content (AvgIpc) is 2.45. The van der Waals surface area contributed by atoms with Gasteiger partial charge in [-0.1, -0.05) is 0 Å². The van der Waals surface area contributed by atoms with Gasteiger partial charge < -0.3 is 20.6 Å². The van der Waals surface area contributed by atoms with Crippen molar-refractivity contribution in [3.05, 3.63) is 0 Å². The molecule has 4 N–H and O–H groups in total. The first kappa shape index (κ1) is 24.5. The van der Waals surface area contributed by atoms with Crippen LogP contribution in [-0.4, -0.2) is 120 Å². The first-order chi connectivity index (χ1) is 11.4. The van der Waals surface area contributed by atoms with Crippen molar-refractivity contribution < 1.29 is 66.6 Å². The molecule has 1 aliphatic heterocycles. The summed E-state index contributed by atoms with van der Waals surface area (Å²) in [6.45, 7) is 3.64. The van der Waals surface area contributed by atoms with Crippen LogP contribution < -0.4 is 5.32 Å². The molecule has 0 amide bonds. The summed E-state index contributed by atoms with van der Waals surface area (Å²) in [5, 5.41) is 30.1. The van der Waals surface area contributed by atoms with Gasteiger partial charge in [0, 0.05) is 89.2 Å². The predicted octanol–water partition coefficient (Wildman–Crippen LogP) is -2.25. The van der Waals surface area contributed by atoms with E-state index in [1.807, 2.05) is 0 Å². The van der Waals surface area contributed by atoms with Crippen LogP contribution >= 0.6 is 0 Å². The van der Waals surface area contributed by atoms with Crippen LogP contribution in [0, 0.1) is 36.9 Å². The summed E-state index contributed by atoms with van der Waals surface area (Å²) in [5.41, 5.74) is 0. The molecule has 0 aromatic rings. The zero-order chi connectivity index (χ0) is 17.9. The van der Waals surface area contributed by atoms with E-state index in [9.17, 15) is 14.4 Å². The summed E-state index contributed by atoms with van der Waals surface area (Å²) < 4.78 is 0. The predicted molar refractivity (Wildman–Crippen MR) is 85.1 cm³/mol. The van der Waals surface area contributed by atoms with Crippen LogP contribution in [0.15, 0.2) is 0 Å². The van der Waals surface area contributed by atoms with Crippen molar-refractivity contribution in [3.63, 3.8) is 0 Å². The van der Waals surface area contributed by atoms with Gasteiger partial charge in [0.2, 0.25) is 0 Å². The Morgan fingerprint density at radius 1 is 0.640 bits per heavy atom. The third kappa shape index (κ3) is 12.5. The third-order valence-corrected chi connectivity index (χ3v) is 3.75. The number of nitrogens with one attached hydrogen (secondary N) is 1. The van der Waals surface area contributed by atoms with Gasteiger partial charge >= 0.3 is 17.9 Å². The number of hydrogen-bond donors (Lipinski definition) is 4. The molecule has 153 valence electrons. The normalized spacial score (nSPS) is 19.2. The molecule has 1 rings (SSSR count). The Morgan fingerprint density at radius 3 is 1.20 bits per heavy atom. The van der Waals surface area contributed by atoms with Gasteiger partial charge in [-0.2, -0.15) is 0 Å². The van der Waals surface area contributed by atoms with E-state index in [-0.39, 0.29) is 56.5 Å². The Balaban J connectivity index is 0.00000576. The Bertz CT molecular complexity index is 410. The van der Waals surface area contributed by atoms with Gasteiger partial charge in [0.05, 0.1) is 19.6 Å². The molecule has 0 aromatic heterocycles. The molecular formula is C14H26LuN4O6. The largest absolute Gasteiger partial charge is 0.480 e. The van der Waals surface area contributed by atoms with Crippen molar-refractivity contribution in [3.8, 4) is 0 Å². The number of rotatable bonds is 6. The van der Waals surface area contributed by atoms with Crippen molar-refractivity contribution in [1.82, 2.24) is 20.0 Å². The van der Waals surface area contributed by atoms with Gasteiger partial charge in [0.25, 0.3) is 0 Å². The van der Waals surface area contributed by atoms with E-state index >= 15 is 0 Å². The fourth-order valence-electron chi connectivity index (χ4n) is 2.55.